The van der Waals surface area contributed by atoms with Gasteiger partial charge in [0.05, 0.1) is 0 Å². The Balaban J connectivity index is 2.99. The molecule has 0 nitrogen and oxygen atoms in total. The molecule has 0 spiro atoms. The quantitative estimate of drug-likeness (QED) is 0.471. The molecular formula is C10H18AsLiP2. The van der Waals surface area contributed by atoms with Gasteiger partial charge in [-0.25, -0.2) is 0 Å². The molecule has 0 aromatic carbocycles. The summed E-state index contributed by atoms with van der Waals surface area (Å²) in [4.78, 5) is 0. The van der Waals surface area contributed by atoms with Crippen molar-refractivity contribution in [2.24, 2.45) is 10.8 Å². The van der Waals surface area contributed by atoms with E-state index in [1.165, 1.54) is 0 Å². The molecule has 1 aliphatic heterocycles. The Morgan fingerprint density at radius 1 is 1.00 bits per heavy atom. The predicted molar refractivity (Wildman–Crippen MR) is 74.3 cm³/mol. The molecule has 0 saturated carbocycles. The molecule has 74 valence electrons. The van der Waals surface area contributed by atoms with Crippen LogP contribution in [0.4, 0.5) is 0 Å². The fraction of sp³-hybridized carbons (Fsp3) is 0.800. The second-order valence-corrected chi connectivity index (χ2v) is 16.3. The molecule has 1 rings (SSSR count). The minimum absolute atomic E-state index is 0.416. The Bertz CT molecular complexity index is 294. The van der Waals surface area contributed by atoms with E-state index in [9.17, 15) is 0 Å². The summed E-state index contributed by atoms with van der Waals surface area (Å²) in [6.45, 7) is 15.9. The third-order valence-electron chi connectivity index (χ3n) is 2.10. The first-order valence-corrected chi connectivity index (χ1v) is 12.1. The van der Waals surface area contributed by atoms with Crippen molar-refractivity contribution in [1.82, 2.24) is 0 Å². The van der Waals surface area contributed by atoms with Crippen molar-refractivity contribution in [3.8, 4) is 0 Å². The Morgan fingerprint density at radius 3 is 1.71 bits per heavy atom. The Morgan fingerprint density at radius 2 is 1.50 bits per heavy atom. The van der Waals surface area contributed by atoms with Crippen molar-refractivity contribution in [3.05, 3.63) is 0 Å². The second-order valence-electron chi connectivity index (χ2n) is 5.88. The van der Waals surface area contributed by atoms with Gasteiger partial charge in [0.15, 0.2) is 0 Å². The van der Waals surface area contributed by atoms with Gasteiger partial charge in [0.25, 0.3) is 0 Å². The van der Waals surface area contributed by atoms with Crippen LogP contribution in [0.25, 0.3) is 0 Å². The summed E-state index contributed by atoms with van der Waals surface area (Å²) in [6, 6.07) is 0. The van der Waals surface area contributed by atoms with Crippen LogP contribution in [0.3, 0.4) is 0 Å². The van der Waals surface area contributed by atoms with Crippen LogP contribution >= 0.6 is 15.0 Å². The second kappa shape index (κ2) is 4.40. The summed E-state index contributed by atoms with van der Waals surface area (Å²) in [7, 11) is 1.59. The van der Waals surface area contributed by atoms with Gasteiger partial charge in [-0.15, -0.1) is 0 Å². The molecule has 1 atom stereocenters. The van der Waals surface area contributed by atoms with Gasteiger partial charge in [-0.3, -0.25) is 0 Å². The van der Waals surface area contributed by atoms with Gasteiger partial charge in [-0.1, -0.05) is 0 Å². The van der Waals surface area contributed by atoms with Crippen molar-refractivity contribution < 1.29 is 0 Å². The van der Waals surface area contributed by atoms with Crippen molar-refractivity contribution in [3.63, 3.8) is 0 Å². The first kappa shape index (κ1) is 13.6. The minimum atomic E-state index is -0.676. The van der Waals surface area contributed by atoms with Crippen LogP contribution in [-0.2, 0) is 0 Å². The summed E-state index contributed by atoms with van der Waals surface area (Å²) < 4.78 is 1.86. The van der Waals surface area contributed by atoms with Gasteiger partial charge in [0.2, 0.25) is 0 Å². The van der Waals surface area contributed by atoms with Crippen molar-refractivity contribution in [2.45, 2.75) is 41.5 Å². The molecule has 0 fully saturated rings. The molecular weight excluding hydrogens is 264 g/mol. The molecule has 0 saturated heterocycles. The molecule has 4 heteroatoms. The zero-order chi connectivity index (χ0) is 11.1. The van der Waals surface area contributed by atoms with Crippen molar-refractivity contribution in [1.29, 1.82) is 0 Å². The maximum absolute atomic E-state index is 2.51. The zero-order valence-corrected chi connectivity index (χ0v) is 14.0. The van der Waals surface area contributed by atoms with Gasteiger partial charge in [0, 0.05) is 0 Å². The standard InChI is InChI=1S/C10H18AsP2.Li/c1-9(2,3)7-11-13-8(12-7)10(4,5)6;/h1-6H3;/q-1;+1. The molecule has 0 N–H and O–H groups in total. The van der Waals surface area contributed by atoms with E-state index in [-0.39, 0.29) is 0 Å². The molecule has 1 aliphatic rings. The molecule has 0 amide bonds. The van der Waals surface area contributed by atoms with Gasteiger partial charge < -0.3 is 0 Å². The molecule has 0 bridgehead atoms. The molecule has 1 heterocycles. The fourth-order valence-electron chi connectivity index (χ4n) is 1.36. The van der Waals surface area contributed by atoms with Gasteiger partial charge in [-0.05, 0) is 0 Å². The number of rotatable bonds is 0. The van der Waals surface area contributed by atoms with E-state index >= 15 is 0 Å². The zero-order valence-electron chi connectivity index (χ0n) is 10.3. The maximum atomic E-state index is 2.51. The van der Waals surface area contributed by atoms with Crippen molar-refractivity contribution >= 4 is 51.6 Å². The first-order valence-electron chi connectivity index (χ1n) is 5.04. The Hall–Kier alpha value is 1.50. The average Bonchev–Trinajstić information content (AvgIpc) is 2.27. The average molecular weight is 282 g/mol. The van der Waals surface area contributed by atoms with E-state index in [2.05, 4.69) is 57.1 Å². The molecule has 0 radical (unpaired) electrons. The van der Waals surface area contributed by atoms with Crippen LogP contribution in [-0.4, -0.2) is 36.6 Å². The molecule has 0 aliphatic carbocycles. The third-order valence-corrected chi connectivity index (χ3v) is 16.5. The van der Waals surface area contributed by atoms with E-state index in [1.54, 1.807) is 20.0 Å². The Labute approximate surface area is 103 Å². The van der Waals surface area contributed by atoms with E-state index in [4.69, 9.17) is 0 Å². The van der Waals surface area contributed by atoms with Crippen LogP contribution in [0.15, 0.2) is 0 Å². The molecule has 0 aromatic rings. The number of hydrogen-bond acceptors (Lipinski definition) is 0. The summed E-state index contributed by atoms with van der Waals surface area (Å²) in [6.07, 6.45) is 0. The van der Waals surface area contributed by atoms with Crippen molar-refractivity contribution in [2.75, 3.05) is 0 Å². The summed E-state index contributed by atoms with van der Waals surface area (Å²) >= 11 is 1.84. The normalized spacial score (nSPS) is 25.9. The van der Waals surface area contributed by atoms with E-state index in [1.807, 2.05) is 4.08 Å². The summed E-state index contributed by atoms with van der Waals surface area (Å²) in [5, 5.41) is 1.75. The van der Waals surface area contributed by atoms with Crippen LogP contribution in [0.2, 0.25) is 0 Å². The SMILES string of the molecule is [Li][As]1P=C(C(C)(C)C)P=C1C(C)(C)C. The monoisotopic (exact) mass is 282 g/mol. The van der Waals surface area contributed by atoms with Gasteiger partial charge >= 0.3 is 104 Å². The number of hydrogen-bond donors (Lipinski definition) is 0. The molecule has 14 heavy (non-hydrogen) atoms. The van der Waals surface area contributed by atoms with Gasteiger partial charge in [-0.2, -0.15) is 0 Å². The van der Waals surface area contributed by atoms with Gasteiger partial charge in [0.1, 0.15) is 0 Å². The summed E-state index contributed by atoms with van der Waals surface area (Å²) in [5.74, 6) is 0. The molecule has 0 aromatic heterocycles. The predicted octanol–water partition coefficient (Wildman–Crippen LogP) is 3.48. The topological polar surface area (TPSA) is 0 Å². The first-order chi connectivity index (χ1) is 6.12. The van der Waals surface area contributed by atoms with Crippen LogP contribution in [0.1, 0.15) is 41.5 Å². The van der Waals surface area contributed by atoms with E-state index in [0.29, 0.717) is 10.8 Å². The molecule has 1 unspecified atom stereocenters. The van der Waals surface area contributed by atoms with E-state index < -0.39 is 11.9 Å². The van der Waals surface area contributed by atoms with Crippen LogP contribution in [0, 0.1) is 10.8 Å². The van der Waals surface area contributed by atoms with E-state index in [0.717, 1.165) is 0 Å². The Kier molecular flexibility index (Phi) is 4.26. The van der Waals surface area contributed by atoms with Crippen LogP contribution in [0.5, 0.6) is 0 Å². The summed E-state index contributed by atoms with van der Waals surface area (Å²) in [5.41, 5.74) is 0.857. The fourth-order valence-corrected chi connectivity index (χ4v) is 17.8. The van der Waals surface area contributed by atoms with Crippen LogP contribution < -0.4 is 0 Å². The third kappa shape index (κ3) is 3.24.